The Morgan fingerprint density at radius 1 is 1.42 bits per heavy atom. The van der Waals surface area contributed by atoms with Crippen LogP contribution in [0.15, 0.2) is 24.3 Å². The number of hydrogen-bond acceptors (Lipinski definition) is 1. The molecule has 0 aromatic heterocycles. The molecule has 0 atom stereocenters. The average molecular weight is 203 g/mol. The molecule has 12 heavy (non-hydrogen) atoms. The van der Waals surface area contributed by atoms with Gasteiger partial charge in [-0.25, -0.2) is 4.39 Å². The predicted molar refractivity (Wildman–Crippen MR) is 54.3 cm³/mol. The highest BCUT2D eigenvalue weighted by Crippen LogP contribution is 2.14. The molecule has 0 radical (unpaired) electrons. The molecule has 1 rings (SSSR count). The monoisotopic (exact) mass is 202 g/mol. The summed E-state index contributed by atoms with van der Waals surface area (Å²) < 4.78 is 12.7. The van der Waals surface area contributed by atoms with Crippen LogP contribution in [0.5, 0.6) is 0 Å². The molecular formula is C9H8ClFS. The lowest BCUT2D eigenvalue weighted by atomic mass is 10.2. The number of thiol groups is 1. The quantitative estimate of drug-likeness (QED) is 0.699. The van der Waals surface area contributed by atoms with E-state index in [0.717, 1.165) is 5.56 Å². The molecule has 0 aliphatic rings. The van der Waals surface area contributed by atoms with E-state index >= 15 is 0 Å². The van der Waals surface area contributed by atoms with Crippen molar-refractivity contribution in [3.63, 3.8) is 0 Å². The summed E-state index contributed by atoms with van der Waals surface area (Å²) in [7, 11) is 0. The maximum Gasteiger partial charge on any atom is 0.125 e. The van der Waals surface area contributed by atoms with Gasteiger partial charge in [0, 0.05) is 10.8 Å². The zero-order chi connectivity index (χ0) is 8.97. The van der Waals surface area contributed by atoms with E-state index in [4.69, 9.17) is 11.6 Å². The number of benzene rings is 1. The second kappa shape index (κ2) is 4.53. The average Bonchev–Trinajstić information content (AvgIpc) is 1.99. The summed E-state index contributed by atoms with van der Waals surface area (Å²) in [4.78, 5) is 0. The number of hydrogen-bond donors (Lipinski definition) is 1. The molecule has 0 spiro atoms. The molecule has 1 aromatic rings. The molecule has 0 N–H and O–H groups in total. The highest BCUT2D eigenvalue weighted by Gasteiger charge is 1.94. The van der Waals surface area contributed by atoms with Gasteiger partial charge < -0.3 is 0 Å². The van der Waals surface area contributed by atoms with Crippen molar-refractivity contribution in [2.45, 2.75) is 0 Å². The van der Waals surface area contributed by atoms with Crippen molar-refractivity contribution >= 4 is 30.3 Å². The Kier molecular flexibility index (Phi) is 3.63. The molecule has 0 aliphatic heterocycles. The van der Waals surface area contributed by atoms with Gasteiger partial charge in [-0.1, -0.05) is 23.8 Å². The van der Waals surface area contributed by atoms with Crippen molar-refractivity contribution in [3.05, 3.63) is 40.7 Å². The fourth-order valence-corrected chi connectivity index (χ4v) is 1.20. The second-order valence-corrected chi connectivity index (χ2v) is 3.09. The summed E-state index contributed by atoms with van der Waals surface area (Å²) in [5.41, 5.74) is 0.758. The van der Waals surface area contributed by atoms with Gasteiger partial charge in [0.1, 0.15) is 5.82 Å². The lowest BCUT2D eigenvalue weighted by Gasteiger charge is -1.95. The van der Waals surface area contributed by atoms with Crippen LogP contribution in [0.1, 0.15) is 5.56 Å². The smallest absolute Gasteiger partial charge is 0.125 e. The van der Waals surface area contributed by atoms with Gasteiger partial charge in [-0.05, 0) is 23.8 Å². The number of rotatable bonds is 2. The summed E-state index contributed by atoms with van der Waals surface area (Å²) >= 11 is 9.63. The van der Waals surface area contributed by atoms with Crippen LogP contribution >= 0.6 is 24.2 Å². The molecule has 0 nitrogen and oxygen atoms in total. The van der Waals surface area contributed by atoms with E-state index in [0.29, 0.717) is 10.8 Å². The maximum absolute atomic E-state index is 12.7. The van der Waals surface area contributed by atoms with E-state index in [1.165, 1.54) is 12.1 Å². The van der Waals surface area contributed by atoms with Crippen LogP contribution in [0, 0.1) is 5.82 Å². The van der Waals surface area contributed by atoms with Crippen LogP contribution in [0.25, 0.3) is 6.08 Å². The molecule has 64 valence electrons. The highest BCUT2D eigenvalue weighted by molar-refractivity contribution is 7.80. The van der Waals surface area contributed by atoms with Crippen LogP contribution in [-0.4, -0.2) is 5.75 Å². The van der Waals surface area contributed by atoms with Crippen LogP contribution in [0.3, 0.4) is 0 Å². The largest absolute Gasteiger partial charge is 0.207 e. The van der Waals surface area contributed by atoms with Gasteiger partial charge in [0.2, 0.25) is 0 Å². The molecule has 0 aliphatic carbocycles. The molecule has 0 saturated carbocycles. The second-order valence-electron chi connectivity index (χ2n) is 2.29. The molecule has 0 saturated heterocycles. The molecule has 3 heteroatoms. The first-order valence-electron chi connectivity index (χ1n) is 3.46. The Morgan fingerprint density at radius 3 is 2.75 bits per heavy atom. The van der Waals surface area contributed by atoms with E-state index in [1.807, 2.05) is 6.08 Å². The van der Waals surface area contributed by atoms with Crippen molar-refractivity contribution in [1.82, 2.24) is 0 Å². The Hall–Kier alpha value is -0.470. The molecule has 0 amide bonds. The highest BCUT2D eigenvalue weighted by atomic mass is 35.5. The minimum Gasteiger partial charge on any atom is -0.207 e. The summed E-state index contributed by atoms with van der Waals surface area (Å²) in [6, 6.07) is 4.40. The third-order valence-electron chi connectivity index (χ3n) is 1.30. The van der Waals surface area contributed by atoms with Crippen LogP contribution in [-0.2, 0) is 0 Å². The van der Waals surface area contributed by atoms with Crippen LogP contribution in [0.2, 0.25) is 5.02 Å². The minimum atomic E-state index is -0.318. The Morgan fingerprint density at radius 2 is 2.17 bits per heavy atom. The summed E-state index contributed by atoms with van der Waals surface area (Å²) in [6.45, 7) is 0. The fourth-order valence-electron chi connectivity index (χ4n) is 0.860. The third kappa shape index (κ3) is 2.88. The van der Waals surface area contributed by atoms with Gasteiger partial charge >= 0.3 is 0 Å². The topological polar surface area (TPSA) is 0 Å². The first kappa shape index (κ1) is 9.62. The van der Waals surface area contributed by atoms with Gasteiger partial charge in [0.15, 0.2) is 0 Å². The zero-order valence-corrected chi connectivity index (χ0v) is 7.95. The normalized spacial score (nSPS) is 10.9. The van der Waals surface area contributed by atoms with E-state index in [2.05, 4.69) is 12.6 Å². The van der Waals surface area contributed by atoms with Crippen molar-refractivity contribution in [1.29, 1.82) is 0 Å². The summed E-state index contributed by atoms with van der Waals surface area (Å²) in [6.07, 6.45) is 3.61. The van der Waals surface area contributed by atoms with Gasteiger partial charge in [0.05, 0.1) is 0 Å². The maximum atomic E-state index is 12.7. The van der Waals surface area contributed by atoms with E-state index in [-0.39, 0.29) is 5.82 Å². The molecule has 0 fully saturated rings. The lowest BCUT2D eigenvalue weighted by molar-refractivity contribution is 0.627. The van der Waals surface area contributed by atoms with E-state index < -0.39 is 0 Å². The first-order valence-corrected chi connectivity index (χ1v) is 4.47. The SMILES string of the molecule is Fc1cc(Cl)cc(C=CCS)c1. The fraction of sp³-hybridized carbons (Fsp3) is 0.111. The summed E-state index contributed by atoms with van der Waals surface area (Å²) in [5, 5.41) is 0.411. The summed E-state index contributed by atoms with van der Waals surface area (Å²) in [5.74, 6) is 0.315. The Labute approximate surface area is 81.5 Å². The standard InChI is InChI=1S/C9H8ClFS/c10-8-4-7(2-1-3-12)5-9(11)6-8/h1-2,4-6,12H,3H2. The molecule has 0 heterocycles. The molecule has 0 unspecified atom stereocenters. The van der Waals surface area contributed by atoms with Crippen molar-refractivity contribution in [3.8, 4) is 0 Å². The van der Waals surface area contributed by atoms with Crippen molar-refractivity contribution < 1.29 is 4.39 Å². The van der Waals surface area contributed by atoms with Gasteiger partial charge in [-0.3, -0.25) is 0 Å². The van der Waals surface area contributed by atoms with E-state index in [9.17, 15) is 4.39 Å². The van der Waals surface area contributed by atoms with Gasteiger partial charge in [0.25, 0.3) is 0 Å². The minimum absolute atomic E-state index is 0.318. The predicted octanol–water partition coefficient (Wildman–Crippen LogP) is 3.42. The Bertz CT molecular complexity index is 276. The van der Waals surface area contributed by atoms with E-state index in [1.54, 1.807) is 12.1 Å². The third-order valence-corrected chi connectivity index (χ3v) is 1.73. The van der Waals surface area contributed by atoms with Gasteiger partial charge in [-0.15, -0.1) is 0 Å². The Balaban J connectivity index is 2.93. The zero-order valence-electron chi connectivity index (χ0n) is 6.30. The molecule has 1 aromatic carbocycles. The van der Waals surface area contributed by atoms with Gasteiger partial charge in [-0.2, -0.15) is 12.6 Å². The molecular weight excluding hydrogens is 195 g/mol. The van der Waals surface area contributed by atoms with Crippen molar-refractivity contribution in [2.75, 3.05) is 5.75 Å². The number of halogens is 2. The van der Waals surface area contributed by atoms with Crippen LogP contribution < -0.4 is 0 Å². The van der Waals surface area contributed by atoms with Crippen molar-refractivity contribution in [2.24, 2.45) is 0 Å². The first-order chi connectivity index (χ1) is 5.72. The molecule has 0 bridgehead atoms. The lowest BCUT2D eigenvalue weighted by Crippen LogP contribution is -1.77. The van der Waals surface area contributed by atoms with Crippen LogP contribution in [0.4, 0.5) is 4.39 Å².